The molecule has 2 amide bonds. The molecule has 0 fully saturated rings. The fraction of sp³-hybridized carbons (Fsp3) is 0.121. The van der Waals surface area contributed by atoms with Gasteiger partial charge in [-0.2, -0.15) is 0 Å². The Morgan fingerprint density at radius 1 is 0.791 bits per heavy atom. The van der Waals surface area contributed by atoms with Crippen molar-refractivity contribution in [1.82, 2.24) is 5.32 Å². The van der Waals surface area contributed by atoms with Crippen molar-refractivity contribution in [3.63, 3.8) is 0 Å². The van der Waals surface area contributed by atoms with E-state index in [1.54, 1.807) is 91.0 Å². The monoisotopic (exact) mass is 616 g/mol. The van der Waals surface area contributed by atoms with Gasteiger partial charge in [-0.15, -0.1) is 11.8 Å². The van der Waals surface area contributed by atoms with Crippen LogP contribution in [0.3, 0.4) is 0 Å². The summed E-state index contributed by atoms with van der Waals surface area (Å²) in [5, 5.41) is 6.11. The zero-order chi connectivity index (χ0) is 30.8. The normalized spacial score (nSPS) is 10.9. The first-order chi connectivity index (χ1) is 20.8. The molecule has 4 aromatic carbocycles. The van der Waals surface area contributed by atoms with E-state index in [0.29, 0.717) is 44.6 Å². The Bertz CT molecular complexity index is 1600. The molecule has 0 heterocycles. The number of nitrogens with one attached hydrogen (secondary N) is 2. The van der Waals surface area contributed by atoms with E-state index in [-0.39, 0.29) is 17.2 Å². The van der Waals surface area contributed by atoms with Gasteiger partial charge in [-0.05, 0) is 84.4 Å². The molecule has 0 saturated heterocycles. The van der Waals surface area contributed by atoms with Crippen LogP contribution in [-0.2, 0) is 4.79 Å². The van der Waals surface area contributed by atoms with Gasteiger partial charge in [0, 0.05) is 26.7 Å². The zero-order valence-electron chi connectivity index (χ0n) is 23.7. The molecule has 0 aliphatic heterocycles. The van der Waals surface area contributed by atoms with Gasteiger partial charge >= 0.3 is 0 Å². The molecule has 43 heavy (non-hydrogen) atoms. The molecule has 0 atom stereocenters. The molecule has 220 valence electrons. The molecule has 0 aromatic heterocycles. The minimum atomic E-state index is -0.545. The largest absolute Gasteiger partial charge is 0.493 e. The summed E-state index contributed by atoms with van der Waals surface area (Å²) in [5.74, 6) is 0.419. The number of methoxy groups -OCH3 is 3. The van der Waals surface area contributed by atoms with Gasteiger partial charge in [-0.3, -0.25) is 14.4 Å². The Balaban J connectivity index is 1.53. The highest BCUT2D eigenvalue weighted by atomic mass is 35.5. The van der Waals surface area contributed by atoms with Crippen LogP contribution in [0.5, 0.6) is 17.2 Å². The maximum atomic E-state index is 13.5. The van der Waals surface area contributed by atoms with Crippen molar-refractivity contribution in [1.29, 1.82) is 0 Å². The first-order valence-corrected chi connectivity index (χ1v) is 14.4. The fourth-order valence-electron chi connectivity index (χ4n) is 3.99. The molecular weight excluding hydrogens is 588 g/mol. The summed E-state index contributed by atoms with van der Waals surface area (Å²) in [4.78, 5) is 39.8. The lowest BCUT2D eigenvalue weighted by molar-refractivity contribution is -0.113. The number of halogens is 1. The smallest absolute Gasteiger partial charge is 0.272 e. The molecule has 0 unspecified atom stereocenters. The maximum Gasteiger partial charge on any atom is 0.272 e. The van der Waals surface area contributed by atoms with Crippen molar-refractivity contribution in [2.24, 2.45) is 0 Å². The molecule has 4 rings (SSSR count). The highest BCUT2D eigenvalue weighted by Crippen LogP contribution is 2.38. The third-order valence-corrected chi connectivity index (χ3v) is 7.44. The molecule has 2 N–H and O–H groups in total. The highest BCUT2D eigenvalue weighted by Gasteiger charge is 2.18. The molecule has 0 spiro atoms. The molecule has 0 bridgehead atoms. The molecule has 0 aliphatic carbocycles. The SMILES string of the molecule is COc1cc(/C=C(\NC(=O)c2ccccc2)C(=O)Nc2ccc(SCC(=O)c3ccc(Cl)cc3)cc2)cc(OC)c1OC. The number of thioether (sulfide) groups is 1. The van der Waals surface area contributed by atoms with Crippen LogP contribution in [0, 0.1) is 0 Å². The van der Waals surface area contributed by atoms with E-state index in [4.69, 9.17) is 25.8 Å². The highest BCUT2D eigenvalue weighted by molar-refractivity contribution is 8.00. The van der Waals surface area contributed by atoms with E-state index < -0.39 is 11.8 Å². The number of Topliss-reactive ketones (excluding diaryl/α,β-unsaturated/α-hetero) is 1. The van der Waals surface area contributed by atoms with Crippen LogP contribution < -0.4 is 24.8 Å². The number of benzene rings is 4. The molecule has 0 aliphatic rings. The minimum Gasteiger partial charge on any atom is -0.493 e. The second-order valence-corrected chi connectivity index (χ2v) is 10.5. The van der Waals surface area contributed by atoms with E-state index in [1.165, 1.54) is 39.2 Å². The number of ether oxygens (including phenoxy) is 3. The van der Waals surface area contributed by atoms with Gasteiger partial charge < -0.3 is 24.8 Å². The summed E-state index contributed by atoms with van der Waals surface area (Å²) >= 11 is 7.28. The molecule has 0 saturated carbocycles. The van der Waals surface area contributed by atoms with Crippen molar-refractivity contribution in [2.75, 3.05) is 32.4 Å². The average Bonchev–Trinajstić information content (AvgIpc) is 3.04. The van der Waals surface area contributed by atoms with Crippen molar-refractivity contribution in [2.45, 2.75) is 4.90 Å². The summed E-state index contributed by atoms with van der Waals surface area (Å²) in [5.41, 5.74) is 2.01. The summed E-state index contributed by atoms with van der Waals surface area (Å²) in [6.45, 7) is 0. The number of ketones is 1. The Morgan fingerprint density at radius 3 is 2.00 bits per heavy atom. The second-order valence-electron chi connectivity index (χ2n) is 9.03. The topological polar surface area (TPSA) is 103 Å². The summed E-state index contributed by atoms with van der Waals surface area (Å²) in [7, 11) is 4.48. The van der Waals surface area contributed by atoms with Crippen LogP contribution in [0.15, 0.2) is 102 Å². The zero-order valence-corrected chi connectivity index (χ0v) is 25.3. The number of carbonyl (C=O) groups excluding carboxylic acids is 3. The van der Waals surface area contributed by atoms with Crippen LogP contribution in [0.25, 0.3) is 6.08 Å². The van der Waals surface area contributed by atoms with Gasteiger partial charge in [-0.25, -0.2) is 0 Å². The van der Waals surface area contributed by atoms with Crippen molar-refractivity contribution in [3.8, 4) is 17.2 Å². The third kappa shape index (κ3) is 8.41. The van der Waals surface area contributed by atoms with E-state index in [0.717, 1.165) is 4.90 Å². The van der Waals surface area contributed by atoms with Crippen molar-refractivity contribution >= 4 is 52.7 Å². The molecular formula is C33H29ClN2O6S. The first kappa shape index (κ1) is 31.2. The van der Waals surface area contributed by atoms with E-state index >= 15 is 0 Å². The second kappa shape index (κ2) is 14.9. The standard InChI is InChI=1S/C33H29ClN2O6S/c1-40-29-18-21(19-30(41-2)31(29)42-3)17-27(36-32(38)23-7-5-4-6-8-23)33(39)35-25-13-15-26(16-14-25)43-20-28(37)22-9-11-24(34)12-10-22/h4-19H,20H2,1-3H3,(H,35,39)(H,36,38)/b27-17-. The average molecular weight is 617 g/mol. The fourth-order valence-corrected chi connectivity index (χ4v) is 4.91. The number of amides is 2. The Kier molecular flexibility index (Phi) is 10.9. The lowest BCUT2D eigenvalue weighted by Gasteiger charge is -2.15. The molecule has 4 aromatic rings. The first-order valence-electron chi connectivity index (χ1n) is 13.0. The van der Waals surface area contributed by atoms with E-state index in [1.807, 2.05) is 0 Å². The van der Waals surface area contributed by atoms with Crippen LogP contribution >= 0.6 is 23.4 Å². The number of anilines is 1. The maximum absolute atomic E-state index is 13.5. The Labute approximate surface area is 259 Å². The summed E-state index contributed by atoms with van der Waals surface area (Å²) in [6, 6.07) is 25.7. The summed E-state index contributed by atoms with van der Waals surface area (Å²) in [6.07, 6.45) is 1.52. The van der Waals surface area contributed by atoms with Gasteiger partial charge in [0.25, 0.3) is 11.8 Å². The van der Waals surface area contributed by atoms with Gasteiger partial charge in [0.15, 0.2) is 17.3 Å². The quantitative estimate of drug-likeness (QED) is 0.103. The lowest BCUT2D eigenvalue weighted by Crippen LogP contribution is -2.30. The van der Waals surface area contributed by atoms with Crippen LogP contribution in [0.2, 0.25) is 5.02 Å². The van der Waals surface area contributed by atoms with Gasteiger partial charge in [0.2, 0.25) is 5.75 Å². The van der Waals surface area contributed by atoms with Crippen LogP contribution in [0.4, 0.5) is 5.69 Å². The van der Waals surface area contributed by atoms with E-state index in [2.05, 4.69) is 10.6 Å². The predicted octanol–water partition coefficient (Wildman–Crippen LogP) is 6.75. The third-order valence-electron chi connectivity index (χ3n) is 6.18. The summed E-state index contributed by atoms with van der Waals surface area (Å²) < 4.78 is 16.3. The lowest BCUT2D eigenvalue weighted by atomic mass is 10.1. The molecule has 8 nitrogen and oxygen atoms in total. The van der Waals surface area contributed by atoms with E-state index in [9.17, 15) is 14.4 Å². The predicted molar refractivity (Wildman–Crippen MR) is 170 cm³/mol. The Morgan fingerprint density at radius 2 is 1.42 bits per heavy atom. The number of hydrogen-bond donors (Lipinski definition) is 2. The number of rotatable bonds is 12. The molecule has 10 heteroatoms. The number of hydrogen-bond acceptors (Lipinski definition) is 7. The van der Waals surface area contributed by atoms with Gasteiger partial charge in [0.1, 0.15) is 5.70 Å². The van der Waals surface area contributed by atoms with Crippen LogP contribution in [-0.4, -0.2) is 44.7 Å². The van der Waals surface area contributed by atoms with Crippen molar-refractivity contribution < 1.29 is 28.6 Å². The van der Waals surface area contributed by atoms with Crippen LogP contribution in [0.1, 0.15) is 26.3 Å². The molecule has 0 radical (unpaired) electrons. The van der Waals surface area contributed by atoms with Crippen molar-refractivity contribution in [3.05, 3.63) is 118 Å². The number of carbonyl (C=O) groups is 3. The van der Waals surface area contributed by atoms with Gasteiger partial charge in [0.05, 0.1) is 27.1 Å². The Hall–Kier alpha value is -4.73. The van der Waals surface area contributed by atoms with Gasteiger partial charge in [-0.1, -0.05) is 29.8 Å². The minimum absolute atomic E-state index is 0.00450.